The Labute approximate surface area is 121 Å². The van der Waals surface area contributed by atoms with Gasteiger partial charge in [-0.25, -0.2) is 0 Å². The van der Waals surface area contributed by atoms with Gasteiger partial charge in [0.1, 0.15) is 5.75 Å². The van der Waals surface area contributed by atoms with Gasteiger partial charge in [0.05, 0.1) is 6.61 Å². The predicted octanol–water partition coefficient (Wildman–Crippen LogP) is 4.41. The van der Waals surface area contributed by atoms with Gasteiger partial charge in [-0.3, -0.25) is 4.79 Å². The number of Topliss-reactive ketones (excluding diaryl/α,β-unsaturated/α-hetero) is 1. The molecule has 1 atom stereocenters. The Morgan fingerprint density at radius 2 is 2.10 bits per heavy atom. The lowest BCUT2D eigenvalue weighted by molar-refractivity contribution is 0.0697. The van der Waals surface area contributed by atoms with Crippen LogP contribution < -0.4 is 4.74 Å². The summed E-state index contributed by atoms with van der Waals surface area (Å²) in [5.41, 5.74) is 2.23. The average Bonchev–Trinajstić information content (AvgIpc) is 2.45. The summed E-state index contributed by atoms with van der Waals surface area (Å²) >= 11 is 0. The van der Waals surface area contributed by atoms with Crippen LogP contribution in [0.5, 0.6) is 5.75 Å². The molecule has 1 saturated carbocycles. The first-order chi connectivity index (χ1) is 9.58. The first kappa shape index (κ1) is 13.7. The normalized spacial score (nSPS) is 24.6. The highest BCUT2D eigenvalue weighted by molar-refractivity contribution is 5.98. The van der Waals surface area contributed by atoms with Crippen molar-refractivity contribution in [3.8, 4) is 5.75 Å². The second-order valence-corrected chi connectivity index (χ2v) is 6.93. The zero-order valence-corrected chi connectivity index (χ0v) is 12.6. The molecule has 0 bridgehead atoms. The van der Waals surface area contributed by atoms with Crippen LogP contribution in [0.1, 0.15) is 61.9 Å². The number of carbonyl (C=O) groups is 1. The van der Waals surface area contributed by atoms with Gasteiger partial charge in [0, 0.05) is 11.5 Å². The summed E-state index contributed by atoms with van der Waals surface area (Å²) in [6.45, 7) is 5.29. The molecule has 0 spiro atoms. The number of hydrogen-bond donors (Lipinski definition) is 0. The van der Waals surface area contributed by atoms with Crippen molar-refractivity contribution in [2.75, 3.05) is 6.61 Å². The Morgan fingerprint density at radius 1 is 1.25 bits per heavy atom. The number of ketones is 1. The van der Waals surface area contributed by atoms with Crippen LogP contribution >= 0.6 is 0 Å². The van der Waals surface area contributed by atoms with E-state index < -0.39 is 0 Å². The largest absolute Gasteiger partial charge is 0.493 e. The molecule has 1 aliphatic carbocycles. The van der Waals surface area contributed by atoms with E-state index in [1.807, 2.05) is 12.1 Å². The third-order valence-electron chi connectivity index (χ3n) is 5.02. The standard InChI is InChI=1S/C18H24O2/c1-18(2)10-4-3-7-15(18)17(19)14-8-9-16-13(12-14)6-5-11-20-16/h8-9,12,15H,3-7,10-11H2,1-2H3. The molecule has 0 N–H and O–H groups in total. The molecule has 108 valence electrons. The van der Waals surface area contributed by atoms with Gasteiger partial charge in [-0.2, -0.15) is 0 Å². The van der Waals surface area contributed by atoms with Crippen molar-refractivity contribution in [3.05, 3.63) is 29.3 Å². The number of aryl methyl sites for hydroxylation is 1. The summed E-state index contributed by atoms with van der Waals surface area (Å²) in [5, 5.41) is 0. The van der Waals surface area contributed by atoms with Gasteiger partial charge in [0.25, 0.3) is 0 Å². The second-order valence-electron chi connectivity index (χ2n) is 6.93. The van der Waals surface area contributed by atoms with Crippen molar-refractivity contribution in [3.63, 3.8) is 0 Å². The molecular weight excluding hydrogens is 248 g/mol. The quantitative estimate of drug-likeness (QED) is 0.745. The summed E-state index contributed by atoms with van der Waals surface area (Å²) < 4.78 is 5.63. The number of rotatable bonds is 2. The number of benzene rings is 1. The fourth-order valence-electron chi connectivity index (χ4n) is 3.69. The molecule has 2 aliphatic rings. The van der Waals surface area contributed by atoms with Crippen LogP contribution in [0.15, 0.2) is 18.2 Å². The third kappa shape index (κ3) is 2.48. The lowest BCUT2D eigenvalue weighted by Gasteiger charge is -2.37. The first-order valence-electron chi connectivity index (χ1n) is 7.88. The highest BCUT2D eigenvalue weighted by Crippen LogP contribution is 2.42. The Bertz CT molecular complexity index is 516. The molecule has 1 fully saturated rings. The summed E-state index contributed by atoms with van der Waals surface area (Å²) in [4.78, 5) is 12.9. The van der Waals surface area contributed by atoms with Crippen LogP contribution in [-0.4, -0.2) is 12.4 Å². The molecule has 0 amide bonds. The number of ether oxygens (including phenoxy) is 1. The molecule has 0 saturated heterocycles. The lowest BCUT2D eigenvalue weighted by atomic mass is 9.66. The van der Waals surface area contributed by atoms with Crippen LogP contribution in [-0.2, 0) is 6.42 Å². The van der Waals surface area contributed by atoms with Crippen LogP contribution in [0.3, 0.4) is 0 Å². The fourth-order valence-corrected chi connectivity index (χ4v) is 3.69. The molecule has 1 aromatic rings. The van der Waals surface area contributed by atoms with Gasteiger partial charge in [-0.1, -0.05) is 26.7 Å². The van der Waals surface area contributed by atoms with Crippen molar-refractivity contribution in [1.82, 2.24) is 0 Å². The molecule has 1 aromatic carbocycles. The number of hydrogen-bond acceptors (Lipinski definition) is 2. The minimum absolute atomic E-state index is 0.141. The molecule has 0 radical (unpaired) electrons. The van der Waals surface area contributed by atoms with Gasteiger partial charge in [-0.15, -0.1) is 0 Å². The van der Waals surface area contributed by atoms with E-state index in [-0.39, 0.29) is 11.3 Å². The van der Waals surface area contributed by atoms with Gasteiger partial charge < -0.3 is 4.74 Å². The Hall–Kier alpha value is -1.31. The Balaban J connectivity index is 1.86. The summed E-state index contributed by atoms with van der Waals surface area (Å²) in [6, 6.07) is 6.01. The molecule has 20 heavy (non-hydrogen) atoms. The minimum Gasteiger partial charge on any atom is -0.493 e. The van der Waals surface area contributed by atoms with E-state index in [0.29, 0.717) is 5.78 Å². The number of carbonyl (C=O) groups excluding carboxylic acids is 1. The molecule has 1 aliphatic heterocycles. The van der Waals surface area contributed by atoms with Crippen LogP contribution in [0.25, 0.3) is 0 Å². The van der Waals surface area contributed by atoms with Gasteiger partial charge in [0.15, 0.2) is 5.78 Å². The van der Waals surface area contributed by atoms with Crippen molar-refractivity contribution in [2.45, 2.75) is 52.4 Å². The van der Waals surface area contributed by atoms with Gasteiger partial charge >= 0.3 is 0 Å². The topological polar surface area (TPSA) is 26.3 Å². The van der Waals surface area contributed by atoms with E-state index in [9.17, 15) is 4.79 Å². The monoisotopic (exact) mass is 272 g/mol. The zero-order valence-electron chi connectivity index (χ0n) is 12.6. The first-order valence-corrected chi connectivity index (χ1v) is 7.88. The highest BCUT2D eigenvalue weighted by atomic mass is 16.5. The fraction of sp³-hybridized carbons (Fsp3) is 0.611. The van der Waals surface area contributed by atoms with Crippen LogP contribution in [0.2, 0.25) is 0 Å². The van der Waals surface area contributed by atoms with E-state index in [2.05, 4.69) is 19.9 Å². The van der Waals surface area contributed by atoms with Crippen molar-refractivity contribution >= 4 is 5.78 Å². The summed E-state index contributed by atoms with van der Waals surface area (Å²) in [7, 11) is 0. The molecule has 3 rings (SSSR count). The third-order valence-corrected chi connectivity index (χ3v) is 5.02. The molecule has 1 heterocycles. The minimum atomic E-state index is 0.141. The Kier molecular flexibility index (Phi) is 3.57. The summed E-state index contributed by atoms with van der Waals surface area (Å²) in [5.74, 6) is 1.48. The predicted molar refractivity (Wildman–Crippen MR) is 80.3 cm³/mol. The van der Waals surface area contributed by atoms with E-state index in [4.69, 9.17) is 4.74 Å². The van der Waals surface area contributed by atoms with Gasteiger partial charge in [0.2, 0.25) is 0 Å². The SMILES string of the molecule is CC1(C)CCCCC1C(=O)c1ccc2c(c1)CCCO2. The maximum atomic E-state index is 12.9. The van der Waals surface area contributed by atoms with Gasteiger partial charge in [-0.05, 0) is 54.9 Å². The van der Waals surface area contributed by atoms with Crippen molar-refractivity contribution in [2.24, 2.45) is 11.3 Å². The van der Waals surface area contributed by atoms with E-state index in [1.165, 1.54) is 18.4 Å². The molecule has 2 heteroatoms. The average molecular weight is 272 g/mol. The lowest BCUT2D eigenvalue weighted by Crippen LogP contribution is -2.34. The van der Waals surface area contributed by atoms with E-state index in [1.54, 1.807) is 0 Å². The molecule has 0 aromatic heterocycles. The van der Waals surface area contributed by atoms with Crippen LogP contribution in [0, 0.1) is 11.3 Å². The van der Waals surface area contributed by atoms with E-state index >= 15 is 0 Å². The van der Waals surface area contributed by atoms with E-state index in [0.717, 1.165) is 43.6 Å². The zero-order chi connectivity index (χ0) is 14.2. The maximum Gasteiger partial charge on any atom is 0.166 e. The van der Waals surface area contributed by atoms with Crippen molar-refractivity contribution < 1.29 is 9.53 Å². The van der Waals surface area contributed by atoms with Crippen molar-refractivity contribution in [1.29, 1.82) is 0 Å². The Morgan fingerprint density at radius 3 is 2.90 bits per heavy atom. The molecule has 1 unspecified atom stereocenters. The second kappa shape index (κ2) is 5.23. The molecular formula is C18H24O2. The maximum absolute atomic E-state index is 12.9. The number of fused-ring (bicyclic) bond motifs is 1. The molecule has 2 nitrogen and oxygen atoms in total. The summed E-state index contributed by atoms with van der Waals surface area (Å²) in [6.07, 6.45) is 6.74. The highest BCUT2D eigenvalue weighted by Gasteiger charge is 2.37. The smallest absolute Gasteiger partial charge is 0.166 e. The van der Waals surface area contributed by atoms with Crippen LogP contribution in [0.4, 0.5) is 0 Å².